The minimum Gasteiger partial charge on any atom is -0.454 e. The van der Waals surface area contributed by atoms with Crippen LogP contribution in [0.25, 0.3) is 0 Å². The van der Waals surface area contributed by atoms with Gasteiger partial charge in [-0.05, 0) is 17.7 Å². The van der Waals surface area contributed by atoms with Crippen LogP contribution in [-0.4, -0.2) is 59.3 Å². The van der Waals surface area contributed by atoms with Crippen LogP contribution in [0.2, 0.25) is 0 Å². The minimum atomic E-state index is -0.255. The van der Waals surface area contributed by atoms with Crippen LogP contribution in [0.15, 0.2) is 29.6 Å². The first kappa shape index (κ1) is 21.9. The number of benzene rings is 1. The van der Waals surface area contributed by atoms with Crippen molar-refractivity contribution in [2.45, 2.75) is 24.9 Å². The molecule has 2 amide bonds. The third kappa shape index (κ3) is 5.88. The number of aliphatic hydroxyl groups excluding tert-OH is 1. The van der Waals surface area contributed by atoms with E-state index in [0.717, 1.165) is 5.56 Å². The lowest BCUT2D eigenvalue weighted by molar-refractivity contribution is -0.122. The van der Waals surface area contributed by atoms with Crippen molar-refractivity contribution in [2.24, 2.45) is 0 Å². The molecule has 0 saturated carbocycles. The fourth-order valence-electron chi connectivity index (χ4n) is 2.73. The molecule has 0 aliphatic carbocycles. The summed E-state index contributed by atoms with van der Waals surface area (Å²) in [6.07, 6.45) is 1.50. The van der Waals surface area contributed by atoms with Gasteiger partial charge in [-0.3, -0.25) is 9.59 Å². The molecule has 11 heteroatoms. The Morgan fingerprint density at radius 2 is 2.10 bits per heavy atom. The van der Waals surface area contributed by atoms with Gasteiger partial charge in [0.1, 0.15) is 6.54 Å². The van der Waals surface area contributed by atoms with E-state index in [1.807, 2.05) is 18.2 Å². The van der Waals surface area contributed by atoms with E-state index in [4.69, 9.17) is 14.2 Å². The first-order chi connectivity index (χ1) is 14.6. The Labute approximate surface area is 177 Å². The van der Waals surface area contributed by atoms with Gasteiger partial charge < -0.3 is 34.5 Å². The van der Waals surface area contributed by atoms with Gasteiger partial charge in [-0.1, -0.05) is 17.8 Å². The van der Waals surface area contributed by atoms with Crippen molar-refractivity contribution < 1.29 is 28.9 Å². The fraction of sp³-hybridized carbons (Fsp3) is 0.421. The number of nitrogens with one attached hydrogen (secondary N) is 2. The number of hydrogen-bond donors (Lipinski definition) is 3. The van der Waals surface area contributed by atoms with E-state index < -0.39 is 0 Å². The van der Waals surface area contributed by atoms with E-state index in [0.29, 0.717) is 42.0 Å². The molecule has 3 N–H and O–H groups in total. The van der Waals surface area contributed by atoms with Crippen LogP contribution in [0.3, 0.4) is 0 Å². The summed E-state index contributed by atoms with van der Waals surface area (Å²) in [6, 6.07) is 5.50. The molecule has 2 aromatic rings. The van der Waals surface area contributed by atoms with Gasteiger partial charge in [0.2, 0.25) is 18.6 Å². The molecule has 1 aliphatic heterocycles. The topological polar surface area (TPSA) is 124 Å². The standard InChI is InChI=1S/C19H24N4O6S/c1-27-5-4-20-17(25)9-23-14(10-24)8-22-19(23)30-11-18(26)21-7-13-2-3-15-16(6-13)29-12-28-15/h2-3,6,8,24H,4-5,7,9-12H2,1H3,(H,20,25)(H,21,26). The number of amides is 2. The number of imidazole rings is 1. The maximum atomic E-state index is 12.2. The molecule has 1 aromatic heterocycles. The lowest BCUT2D eigenvalue weighted by atomic mass is 10.2. The Hall–Kier alpha value is -2.76. The van der Waals surface area contributed by atoms with E-state index in [1.165, 1.54) is 18.0 Å². The molecule has 0 bridgehead atoms. The highest BCUT2D eigenvalue weighted by atomic mass is 32.2. The minimum absolute atomic E-state index is 0.000751. The van der Waals surface area contributed by atoms with Crippen molar-refractivity contribution in [3.63, 3.8) is 0 Å². The predicted octanol–water partition coefficient (Wildman–Crippen LogP) is 0.275. The van der Waals surface area contributed by atoms with Gasteiger partial charge in [0, 0.05) is 20.2 Å². The summed E-state index contributed by atoms with van der Waals surface area (Å²) in [4.78, 5) is 28.5. The fourth-order valence-corrected chi connectivity index (χ4v) is 3.55. The van der Waals surface area contributed by atoms with Crippen LogP contribution in [0, 0.1) is 0 Å². The Kier molecular flexibility index (Phi) is 7.94. The third-order valence-electron chi connectivity index (χ3n) is 4.25. The van der Waals surface area contributed by atoms with E-state index in [1.54, 1.807) is 11.7 Å². The number of ether oxygens (including phenoxy) is 3. The van der Waals surface area contributed by atoms with Crippen LogP contribution in [0.5, 0.6) is 11.5 Å². The summed E-state index contributed by atoms with van der Waals surface area (Å²) in [6.45, 7) is 1.11. The van der Waals surface area contributed by atoms with Gasteiger partial charge in [-0.15, -0.1) is 0 Å². The quantitative estimate of drug-likeness (QED) is 0.339. The van der Waals surface area contributed by atoms with Gasteiger partial charge in [-0.2, -0.15) is 0 Å². The van der Waals surface area contributed by atoms with Crippen molar-refractivity contribution in [3.05, 3.63) is 35.7 Å². The molecule has 0 spiro atoms. The zero-order chi connectivity index (χ0) is 21.3. The summed E-state index contributed by atoms with van der Waals surface area (Å²) in [5.41, 5.74) is 1.40. The second-order valence-electron chi connectivity index (χ2n) is 6.37. The molecule has 1 aliphatic rings. The van der Waals surface area contributed by atoms with Gasteiger partial charge in [0.05, 0.1) is 30.9 Å². The van der Waals surface area contributed by atoms with Gasteiger partial charge in [0.25, 0.3) is 0 Å². The number of methoxy groups -OCH3 is 1. The highest BCUT2D eigenvalue weighted by molar-refractivity contribution is 7.99. The molecular formula is C19H24N4O6S. The molecule has 10 nitrogen and oxygen atoms in total. The van der Waals surface area contributed by atoms with Crippen LogP contribution in [0.1, 0.15) is 11.3 Å². The molecule has 1 aromatic carbocycles. The molecule has 3 rings (SSSR count). The summed E-state index contributed by atoms with van der Waals surface area (Å²) in [5.74, 6) is 1.07. The molecule has 0 atom stereocenters. The average Bonchev–Trinajstić information content (AvgIpc) is 3.37. The second kappa shape index (κ2) is 10.9. The maximum absolute atomic E-state index is 12.2. The Morgan fingerprint density at radius 3 is 2.90 bits per heavy atom. The zero-order valence-electron chi connectivity index (χ0n) is 16.6. The number of rotatable bonds is 11. The number of thioether (sulfide) groups is 1. The number of aromatic nitrogens is 2. The summed E-state index contributed by atoms with van der Waals surface area (Å²) in [5, 5.41) is 15.5. The first-order valence-corrected chi connectivity index (χ1v) is 10.3. The van der Waals surface area contributed by atoms with Crippen LogP contribution in [0.4, 0.5) is 0 Å². The number of aliphatic hydroxyl groups is 1. The van der Waals surface area contributed by atoms with Crippen LogP contribution in [-0.2, 0) is 34.0 Å². The lowest BCUT2D eigenvalue weighted by Gasteiger charge is -2.11. The summed E-state index contributed by atoms with van der Waals surface area (Å²) in [7, 11) is 1.55. The van der Waals surface area contributed by atoms with E-state index in [9.17, 15) is 14.7 Å². The second-order valence-corrected chi connectivity index (χ2v) is 7.31. The molecule has 0 fully saturated rings. The molecule has 162 valence electrons. The number of nitrogens with zero attached hydrogens (tertiary/aromatic N) is 2. The predicted molar refractivity (Wildman–Crippen MR) is 108 cm³/mol. The average molecular weight is 436 g/mol. The van der Waals surface area contributed by atoms with Gasteiger partial charge in [-0.25, -0.2) is 4.98 Å². The summed E-state index contributed by atoms with van der Waals surface area (Å²) < 4.78 is 17.1. The molecule has 0 saturated heterocycles. The third-order valence-corrected chi connectivity index (χ3v) is 5.24. The van der Waals surface area contributed by atoms with Gasteiger partial charge in [0.15, 0.2) is 16.7 Å². The van der Waals surface area contributed by atoms with Crippen molar-refractivity contribution >= 4 is 23.6 Å². The van der Waals surface area contributed by atoms with E-state index in [-0.39, 0.29) is 37.5 Å². The molecular weight excluding hydrogens is 412 g/mol. The van der Waals surface area contributed by atoms with E-state index in [2.05, 4.69) is 15.6 Å². The van der Waals surface area contributed by atoms with Gasteiger partial charge >= 0.3 is 0 Å². The van der Waals surface area contributed by atoms with Crippen LogP contribution >= 0.6 is 11.8 Å². The lowest BCUT2D eigenvalue weighted by Crippen LogP contribution is -2.31. The largest absolute Gasteiger partial charge is 0.454 e. The Bertz CT molecular complexity index is 888. The molecule has 0 unspecified atom stereocenters. The zero-order valence-corrected chi connectivity index (χ0v) is 17.4. The van der Waals surface area contributed by atoms with Crippen molar-refractivity contribution in [1.29, 1.82) is 0 Å². The molecule has 30 heavy (non-hydrogen) atoms. The normalized spacial score (nSPS) is 12.1. The number of hydrogen-bond acceptors (Lipinski definition) is 8. The highest BCUT2D eigenvalue weighted by Gasteiger charge is 2.16. The number of carbonyl (C=O) groups is 2. The smallest absolute Gasteiger partial charge is 0.240 e. The Morgan fingerprint density at radius 1 is 1.27 bits per heavy atom. The van der Waals surface area contributed by atoms with Crippen molar-refractivity contribution in [1.82, 2.24) is 20.2 Å². The molecule has 2 heterocycles. The SMILES string of the molecule is COCCNC(=O)Cn1c(CO)cnc1SCC(=O)NCc1ccc2c(c1)OCO2. The van der Waals surface area contributed by atoms with Crippen molar-refractivity contribution in [3.8, 4) is 11.5 Å². The molecule has 0 radical (unpaired) electrons. The van der Waals surface area contributed by atoms with E-state index >= 15 is 0 Å². The first-order valence-electron chi connectivity index (χ1n) is 9.29. The number of carbonyl (C=O) groups excluding carboxylic acids is 2. The maximum Gasteiger partial charge on any atom is 0.240 e. The number of fused-ring (bicyclic) bond motifs is 1. The monoisotopic (exact) mass is 436 g/mol. The van der Waals surface area contributed by atoms with Crippen molar-refractivity contribution in [2.75, 3.05) is 32.8 Å². The highest BCUT2D eigenvalue weighted by Crippen LogP contribution is 2.32. The summed E-state index contributed by atoms with van der Waals surface area (Å²) >= 11 is 1.20. The Balaban J connectivity index is 1.50. The van der Waals surface area contributed by atoms with Crippen LogP contribution < -0.4 is 20.1 Å².